The molecule has 0 saturated carbocycles. The third-order valence-corrected chi connectivity index (χ3v) is 4.49. The number of hydrogen-bond donors (Lipinski definition) is 2. The minimum absolute atomic E-state index is 0.0601. The van der Waals surface area contributed by atoms with Gasteiger partial charge < -0.3 is 19.7 Å². The predicted molar refractivity (Wildman–Crippen MR) is 106 cm³/mol. The number of hydrogen-bond acceptors (Lipinski definition) is 5. The van der Waals surface area contributed by atoms with Crippen LogP contribution in [0.25, 0.3) is 0 Å². The molecule has 1 saturated heterocycles. The summed E-state index contributed by atoms with van der Waals surface area (Å²) in [7, 11) is 0. The number of halogens is 1. The molecule has 144 valence electrons. The lowest BCUT2D eigenvalue weighted by atomic mass is 10.2. The van der Waals surface area contributed by atoms with E-state index < -0.39 is 0 Å². The van der Waals surface area contributed by atoms with Gasteiger partial charge in [0.05, 0.1) is 25.9 Å². The molecule has 1 heterocycles. The number of anilines is 1. The first-order valence-electron chi connectivity index (χ1n) is 8.98. The van der Waals surface area contributed by atoms with E-state index >= 15 is 0 Å². The van der Waals surface area contributed by atoms with E-state index in [0.29, 0.717) is 37.9 Å². The Hall–Kier alpha value is -2.28. The monoisotopic (exact) mass is 389 g/mol. The smallest absolute Gasteiger partial charge is 0.410 e. The molecule has 0 aromatic heterocycles. The van der Waals surface area contributed by atoms with Crippen LogP contribution < -0.4 is 10.6 Å². The quantitative estimate of drug-likeness (QED) is 0.561. The van der Waals surface area contributed by atoms with Crippen LogP contribution in [0.5, 0.6) is 0 Å². The van der Waals surface area contributed by atoms with Gasteiger partial charge in [0.25, 0.3) is 0 Å². The molecule has 1 aliphatic heterocycles. The van der Waals surface area contributed by atoms with Gasteiger partial charge in [0.15, 0.2) is 0 Å². The normalized spacial score (nSPS) is 16.8. The Morgan fingerprint density at radius 1 is 1.19 bits per heavy atom. The molecule has 6 nitrogen and oxygen atoms in total. The molecule has 27 heavy (non-hydrogen) atoms. The van der Waals surface area contributed by atoms with Gasteiger partial charge in [-0.15, -0.1) is 0 Å². The Kier molecular flexibility index (Phi) is 7.33. The van der Waals surface area contributed by atoms with Gasteiger partial charge in [-0.05, 0) is 29.8 Å². The summed E-state index contributed by atoms with van der Waals surface area (Å²) in [6.07, 6.45) is -0.360. The summed E-state index contributed by atoms with van der Waals surface area (Å²) in [6.45, 7) is 3.10. The highest BCUT2D eigenvalue weighted by atomic mass is 35.5. The molecule has 2 aromatic rings. The number of carbonyl (C=O) groups excluding carboxylic acids is 1. The average Bonchev–Trinajstić information content (AvgIpc) is 2.72. The second kappa shape index (κ2) is 10.2. The molecule has 0 bridgehead atoms. The highest BCUT2D eigenvalue weighted by Crippen LogP contribution is 2.13. The number of nitrogens with zero attached hydrogens (tertiary/aromatic N) is 1. The molecule has 1 atom stereocenters. The molecule has 1 unspecified atom stereocenters. The Morgan fingerprint density at radius 3 is 2.74 bits per heavy atom. The summed E-state index contributed by atoms with van der Waals surface area (Å²) in [5.74, 6) is 0. The maximum absolute atomic E-state index is 12.3. The zero-order valence-electron chi connectivity index (χ0n) is 15.1. The van der Waals surface area contributed by atoms with Crippen molar-refractivity contribution in [2.45, 2.75) is 12.7 Å². The topological polar surface area (TPSA) is 62.8 Å². The fourth-order valence-corrected chi connectivity index (χ4v) is 2.91. The lowest BCUT2D eigenvalue weighted by Crippen LogP contribution is -2.49. The summed E-state index contributed by atoms with van der Waals surface area (Å²) < 4.78 is 11.1. The van der Waals surface area contributed by atoms with Crippen LogP contribution in [0.2, 0.25) is 5.02 Å². The maximum atomic E-state index is 12.3. The van der Waals surface area contributed by atoms with E-state index in [1.807, 2.05) is 54.6 Å². The number of morpholine rings is 1. The second-order valence-corrected chi connectivity index (χ2v) is 6.73. The van der Waals surface area contributed by atoms with Crippen LogP contribution in [0, 0.1) is 0 Å². The molecule has 3 rings (SSSR count). The Bertz CT molecular complexity index is 712. The minimum Gasteiger partial charge on any atom is -0.445 e. The van der Waals surface area contributed by atoms with E-state index in [2.05, 4.69) is 10.6 Å². The van der Waals surface area contributed by atoms with Crippen LogP contribution >= 0.6 is 11.6 Å². The van der Waals surface area contributed by atoms with Crippen molar-refractivity contribution < 1.29 is 14.3 Å². The van der Waals surface area contributed by atoms with Crippen LogP contribution in [-0.4, -0.2) is 50.0 Å². The zero-order chi connectivity index (χ0) is 18.9. The molecule has 2 N–H and O–H groups in total. The molecule has 1 aliphatic rings. The van der Waals surface area contributed by atoms with E-state index in [1.165, 1.54) is 0 Å². The largest absolute Gasteiger partial charge is 0.445 e. The lowest BCUT2D eigenvalue weighted by Gasteiger charge is -2.32. The summed E-state index contributed by atoms with van der Waals surface area (Å²) in [5.41, 5.74) is 1.97. The highest BCUT2D eigenvalue weighted by Gasteiger charge is 2.25. The molecule has 0 aliphatic carbocycles. The molecule has 0 radical (unpaired) electrons. The van der Waals surface area contributed by atoms with Crippen LogP contribution in [0.3, 0.4) is 0 Å². The van der Waals surface area contributed by atoms with Crippen molar-refractivity contribution in [3.05, 3.63) is 65.2 Å². The van der Waals surface area contributed by atoms with Gasteiger partial charge in [-0.2, -0.15) is 0 Å². The predicted octanol–water partition coefficient (Wildman–Crippen LogP) is 3.34. The Balaban J connectivity index is 1.35. The Morgan fingerprint density at radius 2 is 1.96 bits per heavy atom. The fraction of sp³-hybridized carbons (Fsp3) is 0.350. The van der Waals surface area contributed by atoms with E-state index in [-0.39, 0.29) is 18.8 Å². The number of carbonyl (C=O) groups is 1. The van der Waals surface area contributed by atoms with Crippen molar-refractivity contribution in [2.24, 2.45) is 0 Å². The highest BCUT2D eigenvalue weighted by molar-refractivity contribution is 6.30. The van der Waals surface area contributed by atoms with Gasteiger partial charge in [0.2, 0.25) is 0 Å². The van der Waals surface area contributed by atoms with Crippen LogP contribution in [0.4, 0.5) is 10.5 Å². The standard InChI is InChI=1S/C20H24ClN3O3/c21-17-6-8-18(9-7-17)23-15-22-12-19-13-24(10-11-26-19)20(25)27-14-16-4-2-1-3-5-16/h1-9,19,22-23H,10-15H2. The third-order valence-electron chi connectivity index (χ3n) is 4.24. The van der Waals surface area contributed by atoms with Crippen molar-refractivity contribution in [1.29, 1.82) is 0 Å². The van der Waals surface area contributed by atoms with Crippen molar-refractivity contribution in [3.8, 4) is 0 Å². The first-order chi connectivity index (χ1) is 13.2. The zero-order valence-corrected chi connectivity index (χ0v) is 15.8. The SMILES string of the molecule is O=C(OCc1ccccc1)N1CCOC(CNCNc2ccc(Cl)cc2)C1. The summed E-state index contributed by atoms with van der Waals surface area (Å²) >= 11 is 5.87. The number of ether oxygens (including phenoxy) is 2. The summed E-state index contributed by atoms with van der Waals surface area (Å²) in [5, 5.41) is 7.25. The number of amides is 1. The van der Waals surface area contributed by atoms with Gasteiger partial charge >= 0.3 is 6.09 Å². The van der Waals surface area contributed by atoms with Gasteiger partial charge in [0, 0.05) is 23.8 Å². The van der Waals surface area contributed by atoms with E-state index in [4.69, 9.17) is 21.1 Å². The summed E-state index contributed by atoms with van der Waals surface area (Å²) in [4.78, 5) is 14.0. The van der Waals surface area contributed by atoms with Crippen LogP contribution in [0.1, 0.15) is 5.56 Å². The number of benzene rings is 2. The molecule has 2 aromatic carbocycles. The number of rotatable bonds is 7. The number of nitrogens with one attached hydrogen (secondary N) is 2. The van der Waals surface area contributed by atoms with E-state index in [0.717, 1.165) is 11.3 Å². The van der Waals surface area contributed by atoms with E-state index in [1.54, 1.807) is 4.90 Å². The van der Waals surface area contributed by atoms with Crippen LogP contribution in [0.15, 0.2) is 54.6 Å². The second-order valence-electron chi connectivity index (χ2n) is 6.29. The van der Waals surface area contributed by atoms with Crippen molar-refractivity contribution in [3.63, 3.8) is 0 Å². The molecule has 0 spiro atoms. The molecular weight excluding hydrogens is 366 g/mol. The summed E-state index contributed by atoms with van der Waals surface area (Å²) in [6, 6.07) is 17.2. The van der Waals surface area contributed by atoms with Crippen molar-refractivity contribution >= 4 is 23.4 Å². The van der Waals surface area contributed by atoms with Gasteiger partial charge in [-0.1, -0.05) is 41.9 Å². The average molecular weight is 390 g/mol. The lowest BCUT2D eigenvalue weighted by molar-refractivity contribution is -0.0267. The maximum Gasteiger partial charge on any atom is 0.410 e. The van der Waals surface area contributed by atoms with Crippen molar-refractivity contribution in [1.82, 2.24) is 10.2 Å². The van der Waals surface area contributed by atoms with Gasteiger partial charge in [-0.25, -0.2) is 4.79 Å². The van der Waals surface area contributed by atoms with Gasteiger partial charge in [0.1, 0.15) is 6.61 Å². The third kappa shape index (κ3) is 6.43. The van der Waals surface area contributed by atoms with E-state index in [9.17, 15) is 4.79 Å². The Labute approximate surface area is 164 Å². The molecular formula is C20H24ClN3O3. The van der Waals surface area contributed by atoms with Crippen molar-refractivity contribution in [2.75, 3.05) is 38.2 Å². The molecule has 1 amide bonds. The van der Waals surface area contributed by atoms with Crippen LogP contribution in [-0.2, 0) is 16.1 Å². The first-order valence-corrected chi connectivity index (χ1v) is 9.36. The minimum atomic E-state index is -0.300. The molecule has 7 heteroatoms. The van der Waals surface area contributed by atoms with Gasteiger partial charge in [-0.3, -0.25) is 5.32 Å². The fourth-order valence-electron chi connectivity index (χ4n) is 2.78. The first kappa shape index (κ1) is 19.5. The molecule has 1 fully saturated rings.